The van der Waals surface area contributed by atoms with Crippen molar-refractivity contribution in [3.63, 3.8) is 0 Å². The summed E-state index contributed by atoms with van der Waals surface area (Å²) in [6.07, 6.45) is 23.0. The molecule has 0 unspecified atom stereocenters. The number of anilines is 4. The molecular formula is C69H56N4O4. The van der Waals surface area contributed by atoms with Gasteiger partial charge in [-0.15, -0.1) is 25.7 Å². The Hall–Kier alpha value is -10.1. The minimum absolute atomic E-state index is 0.326. The molecule has 8 aromatic carbocycles. The Labute approximate surface area is 451 Å². The zero-order valence-electron chi connectivity index (χ0n) is 44.3. The second kappa shape index (κ2) is 22.2. The van der Waals surface area contributed by atoms with E-state index in [0.29, 0.717) is 45.0 Å². The molecule has 4 amide bonds. The van der Waals surface area contributed by atoms with Gasteiger partial charge in [0.05, 0.1) is 5.41 Å². The first-order valence-corrected chi connectivity index (χ1v) is 24.9. The third kappa shape index (κ3) is 10.8. The van der Waals surface area contributed by atoms with Crippen molar-refractivity contribution in [1.29, 1.82) is 0 Å². The van der Waals surface area contributed by atoms with Crippen LogP contribution in [0.25, 0.3) is 0 Å². The van der Waals surface area contributed by atoms with E-state index >= 15 is 0 Å². The highest BCUT2D eigenvalue weighted by Gasteiger charge is 2.39. The van der Waals surface area contributed by atoms with E-state index < -0.39 is 5.41 Å². The Kier molecular flexibility index (Phi) is 15.3. The quantitative estimate of drug-likeness (QED) is 0.0720. The molecule has 0 atom stereocenters. The van der Waals surface area contributed by atoms with Gasteiger partial charge in [0.2, 0.25) is 0 Å². The topological polar surface area (TPSA) is 116 Å². The summed E-state index contributed by atoms with van der Waals surface area (Å²) in [4.78, 5) is 55.9. The van der Waals surface area contributed by atoms with Crippen molar-refractivity contribution in [2.75, 3.05) is 21.3 Å². The summed E-state index contributed by atoms with van der Waals surface area (Å²) in [6.45, 7) is 15.3. The zero-order chi connectivity index (χ0) is 55.3. The van der Waals surface area contributed by atoms with Crippen LogP contribution >= 0.6 is 0 Å². The van der Waals surface area contributed by atoms with E-state index in [0.717, 1.165) is 89.0 Å². The summed E-state index contributed by atoms with van der Waals surface area (Å²) >= 11 is 0. The van der Waals surface area contributed by atoms with Gasteiger partial charge in [0.15, 0.2) is 0 Å². The zero-order valence-corrected chi connectivity index (χ0v) is 44.3. The molecule has 376 valence electrons. The van der Waals surface area contributed by atoms with E-state index in [1.807, 2.05) is 152 Å². The van der Waals surface area contributed by atoms with Crippen molar-refractivity contribution in [3.05, 3.63) is 257 Å². The highest BCUT2D eigenvalue weighted by atomic mass is 16.2. The number of aryl methyl sites for hydroxylation is 8. The van der Waals surface area contributed by atoms with Crippen molar-refractivity contribution < 1.29 is 19.2 Å². The van der Waals surface area contributed by atoms with Crippen LogP contribution in [-0.2, 0) is 5.41 Å². The average Bonchev–Trinajstić information content (AvgIpc) is 3.39. The van der Waals surface area contributed by atoms with Crippen molar-refractivity contribution in [2.24, 2.45) is 0 Å². The molecule has 0 saturated heterocycles. The van der Waals surface area contributed by atoms with Crippen LogP contribution in [0.15, 0.2) is 146 Å². The molecule has 0 aliphatic rings. The Bertz CT molecular complexity index is 3270. The summed E-state index contributed by atoms with van der Waals surface area (Å²) in [6, 6.07) is 44.1. The lowest BCUT2D eigenvalue weighted by Gasteiger charge is -2.37. The van der Waals surface area contributed by atoms with Crippen LogP contribution in [-0.4, -0.2) is 23.6 Å². The maximum absolute atomic E-state index is 14.0. The smallest absolute Gasteiger partial charge is 0.255 e. The third-order valence-corrected chi connectivity index (χ3v) is 14.1. The van der Waals surface area contributed by atoms with Gasteiger partial charge in [-0.2, -0.15) is 0 Å². The fourth-order valence-corrected chi connectivity index (χ4v) is 10.4. The van der Waals surface area contributed by atoms with Gasteiger partial charge in [-0.05, 0) is 219 Å². The van der Waals surface area contributed by atoms with E-state index in [2.05, 4.69) is 44.9 Å². The van der Waals surface area contributed by atoms with Gasteiger partial charge in [0.25, 0.3) is 23.6 Å². The fourth-order valence-electron chi connectivity index (χ4n) is 10.4. The molecule has 0 saturated carbocycles. The fraction of sp³-hybridized carbons (Fsp3) is 0.130. The lowest BCUT2D eigenvalue weighted by atomic mass is 9.64. The molecule has 0 aliphatic heterocycles. The molecule has 8 aromatic rings. The summed E-state index contributed by atoms with van der Waals surface area (Å²) in [5, 5.41) is 12.1. The summed E-state index contributed by atoms with van der Waals surface area (Å²) in [5.41, 5.74) is 15.9. The van der Waals surface area contributed by atoms with Crippen molar-refractivity contribution >= 4 is 46.4 Å². The predicted molar refractivity (Wildman–Crippen MR) is 312 cm³/mol. The number of hydrogen-bond acceptors (Lipinski definition) is 4. The number of nitrogens with one attached hydrogen (secondary N) is 4. The van der Waals surface area contributed by atoms with Crippen molar-refractivity contribution in [3.8, 4) is 49.4 Å². The largest absolute Gasteiger partial charge is 0.322 e. The molecule has 0 spiro atoms. The number of terminal acetylenes is 4. The second-order valence-corrected chi connectivity index (χ2v) is 19.4. The summed E-state index contributed by atoms with van der Waals surface area (Å²) in [7, 11) is 0. The minimum Gasteiger partial charge on any atom is -0.322 e. The summed E-state index contributed by atoms with van der Waals surface area (Å²) < 4.78 is 0. The van der Waals surface area contributed by atoms with Crippen LogP contribution in [0.5, 0.6) is 0 Å². The molecule has 8 heteroatoms. The highest BCUT2D eigenvalue weighted by molar-refractivity contribution is 6.07. The number of carbonyl (C=O) groups excluding carboxylic acids is 4. The monoisotopic (exact) mass is 1000 g/mol. The summed E-state index contributed by atoms with van der Waals surface area (Å²) in [5.74, 6) is 9.59. The molecule has 0 aromatic heterocycles. The van der Waals surface area contributed by atoms with E-state index in [4.69, 9.17) is 25.7 Å². The number of amides is 4. The number of hydrogen-bond donors (Lipinski definition) is 4. The lowest BCUT2D eigenvalue weighted by molar-refractivity contribution is 0.101. The molecule has 8 nitrogen and oxygen atoms in total. The van der Waals surface area contributed by atoms with Gasteiger partial charge >= 0.3 is 0 Å². The Morgan fingerprint density at radius 1 is 0.299 bits per heavy atom. The first-order valence-electron chi connectivity index (χ1n) is 24.9. The first kappa shape index (κ1) is 53.2. The van der Waals surface area contributed by atoms with Crippen molar-refractivity contribution in [1.82, 2.24) is 0 Å². The molecule has 8 rings (SSSR count). The van der Waals surface area contributed by atoms with E-state index in [1.54, 1.807) is 48.5 Å². The minimum atomic E-state index is -1.19. The van der Waals surface area contributed by atoms with E-state index in [9.17, 15) is 19.2 Å². The standard InChI is InChI=1S/C69H56N4O4/c1-13-61-41(5)33-57(34-42(61)6)70-65(74)49-17-25-53(26-18-49)69(54-27-19-50(20-28-54)66(75)71-58-35-43(7)62(14-2)44(8)36-58,55-29-21-51(22-30-55)67(76)72-59-37-45(9)63(15-3)46(10)38-59)56-31-23-52(24-32-56)68(77)73-60-39-47(11)64(16-4)48(12)40-60/h1-4,17-40H,5-12H3,(H,70,74)(H,71,75)(H,72,76)(H,73,77). The number of benzene rings is 8. The molecule has 0 heterocycles. The third-order valence-electron chi connectivity index (χ3n) is 14.1. The van der Waals surface area contributed by atoms with Crippen LogP contribution in [0.2, 0.25) is 0 Å². The molecule has 0 bridgehead atoms. The number of rotatable bonds is 12. The van der Waals surface area contributed by atoms with Gasteiger partial charge in [-0.1, -0.05) is 72.2 Å². The van der Waals surface area contributed by atoms with Crippen LogP contribution in [0.1, 0.15) is 130 Å². The normalized spacial score (nSPS) is 10.8. The molecule has 0 aliphatic carbocycles. The molecular weight excluding hydrogens is 949 g/mol. The van der Waals surface area contributed by atoms with Crippen LogP contribution < -0.4 is 21.3 Å². The van der Waals surface area contributed by atoms with Gasteiger partial charge in [-0.3, -0.25) is 19.2 Å². The highest BCUT2D eigenvalue weighted by Crippen LogP contribution is 2.46. The molecule has 0 fully saturated rings. The van der Waals surface area contributed by atoms with Gasteiger partial charge in [-0.25, -0.2) is 0 Å². The Morgan fingerprint density at radius 2 is 0.455 bits per heavy atom. The van der Waals surface area contributed by atoms with E-state index in [-0.39, 0.29) is 23.6 Å². The van der Waals surface area contributed by atoms with Crippen LogP contribution in [0, 0.1) is 105 Å². The maximum atomic E-state index is 14.0. The van der Waals surface area contributed by atoms with Gasteiger partial charge < -0.3 is 21.3 Å². The van der Waals surface area contributed by atoms with Crippen molar-refractivity contribution in [2.45, 2.75) is 60.8 Å². The average molecular weight is 1010 g/mol. The lowest BCUT2D eigenvalue weighted by Crippen LogP contribution is -2.31. The van der Waals surface area contributed by atoms with Gasteiger partial charge in [0, 0.05) is 67.3 Å². The number of carbonyl (C=O) groups is 4. The molecule has 77 heavy (non-hydrogen) atoms. The first-order chi connectivity index (χ1) is 36.9. The molecule has 4 N–H and O–H groups in total. The van der Waals surface area contributed by atoms with E-state index in [1.165, 1.54) is 0 Å². The van der Waals surface area contributed by atoms with Gasteiger partial charge in [0.1, 0.15) is 0 Å². The maximum Gasteiger partial charge on any atom is 0.255 e. The van der Waals surface area contributed by atoms with Crippen LogP contribution in [0.4, 0.5) is 22.7 Å². The Balaban J connectivity index is 1.25. The second-order valence-electron chi connectivity index (χ2n) is 19.4. The predicted octanol–water partition coefficient (Wildman–Crippen LogP) is 13.5. The molecule has 0 radical (unpaired) electrons. The SMILES string of the molecule is C#Cc1c(C)cc(NC(=O)c2ccc(C(c3ccc(C(=O)Nc4cc(C)c(C#C)c(C)c4)cc3)(c3ccc(C(=O)Nc4cc(C)c(C#C)c(C)c4)cc3)c3ccc(C(=O)Nc4cc(C)c(C#C)c(C)c4)cc3)cc2)cc1C. The Morgan fingerprint density at radius 3 is 0.597 bits per heavy atom. The van der Waals surface area contributed by atoms with Crippen LogP contribution in [0.3, 0.4) is 0 Å².